The molecule has 6 N–H and O–H groups in total. The first-order valence-electron chi connectivity index (χ1n) is 18.4. The van der Waals surface area contributed by atoms with Crippen LogP contribution in [0.5, 0.6) is 0 Å². The van der Waals surface area contributed by atoms with E-state index in [-0.39, 0.29) is 38.3 Å². The van der Waals surface area contributed by atoms with Crippen LogP contribution in [0.2, 0.25) is 0 Å². The minimum Gasteiger partial charge on any atom is -0.397 e. The fourth-order valence-electron chi connectivity index (χ4n) is 6.66. The van der Waals surface area contributed by atoms with E-state index in [0.29, 0.717) is 50.1 Å². The number of carbonyl (C=O) groups excluding carboxylic acids is 2. The second-order valence-corrected chi connectivity index (χ2v) is 17.8. The summed E-state index contributed by atoms with van der Waals surface area (Å²) in [5.41, 5.74) is 16.1. The summed E-state index contributed by atoms with van der Waals surface area (Å²) in [5, 5.41) is 6.26. The van der Waals surface area contributed by atoms with Gasteiger partial charge in [-0.3, -0.25) is 9.59 Å². The van der Waals surface area contributed by atoms with Gasteiger partial charge in [-0.2, -0.15) is 0 Å². The number of nitrogen functional groups attached to an aromatic ring is 2. The number of hydrogen-bond donors (Lipinski definition) is 4. The van der Waals surface area contributed by atoms with Gasteiger partial charge in [-0.25, -0.2) is 33.6 Å². The molecule has 6 aromatic carbocycles. The first-order valence-corrected chi connectivity index (χ1v) is 22.3. The van der Waals surface area contributed by atoms with E-state index in [2.05, 4.69) is 10.6 Å². The maximum Gasteiger partial charge on any atom is 0.268 e. The maximum atomic E-state index is 14.0. The topological polar surface area (TPSA) is 188 Å². The summed E-state index contributed by atoms with van der Waals surface area (Å²) in [7, 11) is -7.93. The summed E-state index contributed by atoms with van der Waals surface area (Å²) in [5.74, 6) is -2.40. The van der Waals surface area contributed by atoms with Gasteiger partial charge in [0.15, 0.2) is 0 Å². The molecule has 0 aliphatic rings. The summed E-state index contributed by atoms with van der Waals surface area (Å²) in [6.45, 7) is 0. The molecule has 0 radical (unpaired) electrons. The number of aromatic nitrogens is 2. The van der Waals surface area contributed by atoms with E-state index in [9.17, 15) is 35.2 Å². The van der Waals surface area contributed by atoms with Crippen LogP contribution in [0.25, 0.3) is 44.1 Å². The number of halogens is 4. The monoisotopic (exact) mass is 914 g/mol. The van der Waals surface area contributed by atoms with Gasteiger partial charge >= 0.3 is 0 Å². The second-order valence-electron chi connectivity index (χ2n) is 13.6. The van der Waals surface area contributed by atoms with Crippen LogP contribution >= 0.6 is 23.2 Å². The number of benzene rings is 6. The highest BCUT2D eigenvalue weighted by Crippen LogP contribution is 2.38. The van der Waals surface area contributed by atoms with Crippen LogP contribution in [0.3, 0.4) is 0 Å². The van der Waals surface area contributed by atoms with Crippen LogP contribution in [0, 0.1) is 11.6 Å². The van der Waals surface area contributed by atoms with Crippen molar-refractivity contribution in [2.45, 2.75) is 9.79 Å². The zero-order valence-electron chi connectivity index (χ0n) is 32.1. The fourth-order valence-corrected chi connectivity index (χ4v) is 9.55. The molecular formula is C44H34Cl2F2N6O6S2. The normalized spacial score (nSPS) is 11.5. The van der Waals surface area contributed by atoms with Crippen LogP contribution in [-0.4, -0.2) is 48.4 Å². The lowest BCUT2D eigenvalue weighted by atomic mass is 10.0. The lowest BCUT2D eigenvalue weighted by molar-refractivity contribution is -0.114. The van der Waals surface area contributed by atoms with Gasteiger partial charge in [0.05, 0.1) is 43.6 Å². The largest absolute Gasteiger partial charge is 0.397 e. The van der Waals surface area contributed by atoms with Crippen molar-refractivity contribution >= 4 is 99.6 Å². The Labute approximate surface area is 364 Å². The highest BCUT2D eigenvalue weighted by Gasteiger charge is 2.24. The lowest BCUT2D eigenvalue weighted by Gasteiger charge is -2.09. The van der Waals surface area contributed by atoms with Gasteiger partial charge in [0.25, 0.3) is 20.0 Å². The molecule has 8 rings (SSSR count). The predicted octanol–water partition coefficient (Wildman–Crippen LogP) is 8.89. The van der Waals surface area contributed by atoms with Crippen LogP contribution < -0.4 is 22.1 Å². The van der Waals surface area contributed by atoms with Crippen LogP contribution in [-0.2, 0) is 29.6 Å². The summed E-state index contributed by atoms with van der Waals surface area (Å²) < 4.78 is 83.2. The average Bonchev–Trinajstić information content (AvgIpc) is 3.85. The Morgan fingerprint density at radius 1 is 0.532 bits per heavy atom. The van der Waals surface area contributed by atoms with E-state index in [4.69, 9.17) is 34.7 Å². The number of hydrogen-bond acceptors (Lipinski definition) is 8. The zero-order valence-corrected chi connectivity index (χ0v) is 35.2. The van der Waals surface area contributed by atoms with Gasteiger partial charge in [0, 0.05) is 34.3 Å². The number of alkyl halides is 2. The van der Waals surface area contributed by atoms with Gasteiger partial charge in [-0.05, 0) is 96.1 Å². The molecule has 12 nitrogen and oxygen atoms in total. The molecule has 0 atom stereocenters. The Morgan fingerprint density at radius 3 is 1.42 bits per heavy atom. The number of nitrogens with one attached hydrogen (secondary N) is 2. The Balaban J connectivity index is 0.000000186. The number of carbonyl (C=O) groups is 2. The first kappa shape index (κ1) is 43.4. The number of rotatable bonds is 10. The van der Waals surface area contributed by atoms with Crippen molar-refractivity contribution in [3.63, 3.8) is 0 Å². The van der Waals surface area contributed by atoms with Gasteiger partial charge < -0.3 is 22.1 Å². The Hall–Kier alpha value is -6.72. The molecule has 18 heteroatoms. The van der Waals surface area contributed by atoms with E-state index in [1.54, 1.807) is 72.8 Å². The SMILES string of the molecule is Nc1cc(-c2cn(S(=O)(=O)c3ccccc3)c3cc(F)ccc23)ccc1NC(=O)CCl.Nc1ccc(-c2cn(S(=O)(=O)c3ccccc3)c3cc(F)ccc23)cc1NC(=O)CCl. The average molecular weight is 916 g/mol. The Bertz CT molecular complexity index is 3240. The van der Waals surface area contributed by atoms with Crippen molar-refractivity contribution in [1.29, 1.82) is 0 Å². The standard InChI is InChI=1S/2C22H17ClFN3O3S/c23-12-22(28)26-20-9-6-14(10-19(20)25)18-13-27(21-11-15(24)7-8-17(18)21)31(29,30)16-4-2-1-3-5-16;23-12-22(28)26-20-10-14(6-9-19(20)25)18-13-27(21-11-15(24)7-8-17(18)21)31(29,30)16-4-2-1-3-5-16/h2*1-11,13H,12,25H2,(H,26,28). The van der Waals surface area contributed by atoms with Gasteiger partial charge in [0.1, 0.15) is 23.4 Å². The number of nitrogens with two attached hydrogens (primary N) is 2. The molecule has 0 aliphatic heterocycles. The zero-order chi connectivity index (χ0) is 44.3. The van der Waals surface area contributed by atoms with Gasteiger partial charge in [-0.1, -0.05) is 48.5 Å². The van der Waals surface area contributed by atoms with Crippen molar-refractivity contribution < 1.29 is 35.2 Å². The molecule has 0 spiro atoms. The number of amides is 2. The summed E-state index contributed by atoms with van der Waals surface area (Å²) in [6.07, 6.45) is 2.88. The minimum absolute atomic E-state index is 0.0788. The third-order valence-electron chi connectivity index (χ3n) is 9.59. The summed E-state index contributed by atoms with van der Waals surface area (Å²) in [4.78, 5) is 23.4. The van der Waals surface area contributed by atoms with Crippen molar-refractivity contribution in [2.24, 2.45) is 0 Å². The van der Waals surface area contributed by atoms with E-state index >= 15 is 0 Å². The van der Waals surface area contributed by atoms with Crippen LogP contribution in [0.4, 0.5) is 31.5 Å². The summed E-state index contributed by atoms with van der Waals surface area (Å²) >= 11 is 11.1. The minimum atomic E-state index is -3.97. The molecule has 8 aromatic rings. The number of nitrogens with zero attached hydrogens (tertiary/aromatic N) is 2. The second kappa shape index (κ2) is 17.7. The number of fused-ring (bicyclic) bond motifs is 2. The lowest BCUT2D eigenvalue weighted by Crippen LogP contribution is -2.13. The van der Waals surface area contributed by atoms with Gasteiger partial charge in [0.2, 0.25) is 11.8 Å². The highest BCUT2D eigenvalue weighted by molar-refractivity contribution is 7.90. The van der Waals surface area contributed by atoms with E-state index < -0.39 is 43.5 Å². The smallest absolute Gasteiger partial charge is 0.268 e. The van der Waals surface area contributed by atoms with Crippen molar-refractivity contribution in [1.82, 2.24) is 7.94 Å². The molecule has 0 fully saturated rings. The Morgan fingerprint density at radius 2 is 0.968 bits per heavy atom. The number of anilines is 4. The van der Waals surface area contributed by atoms with Crippen LogP contribution in [0.15, 0.2) is 156 Å². The molecule has 0 saturated heterocycles. The van der Waals surface area contributed by atoms with Crippen LogP contribution in [0.1, 0.15) is 0 Å². The molecule has 62 heavy (non-hydrogen) atoms. The molecule has 316 valence electrons. The maximum absolute atomic E-state index is 14.0. The van der Waals surface area contributed by atoms with E-state index in [0.717, 1.165) is 7.94 Å². The first-order chi connectivity index (χ1) is 29.6. The van der Waals surface area contributed by atoms with Crippen molar-refractivity contribution in [3.8, 4) is 22.3 Å². The molecule has 2 heterocycles. The third kappa shape index (κ3) is 8.71. The predicted molar refractivity (Wildman–Crippen MR) is 240 cm³/mol. The molecule has 0 aliphatic carbocycles. The summed E-state index contributed by atoms with van der Waals surface area (Å²) in [6, 6.07) is 33.6. The molecule has 0 unspecified atom stereocenters. The quantitative estimate of drug-likeness (QED) is 0.0773. The molecule has 2 amide bonds. The van der Waals surface area contributed by atoms with E-state index in [1.165, 1.54) is 73.1 Å². The Kier molecular flexibility index (Phi) is 12.4. The van der Waals surface area contributed by atoms with Crippen molar-refractivity contribution in [2.75, 3.05) is 33.9 Å². The molecule has 2 aromatic heterocycles. The molecular weight excluding hydrogens is 882 g/mol. The van der Waals surface area contributed by atoms with E-state index in [1.807, 2.05) is 0 Å². The van der Waals surface area contributed by atoms with Crippen molar-refractivity contribution in [3.05, 3.63) is 157 Å². The molecule has 0 bridgehead atoms. The van der Waals surface area contributed by atoms with Gasteiger partial charge in [-0.15, -0.1) is 23.2 Å². The highest BCUT2D eigenvalue weighted by atomic mass is 35.5. The molecule has 0 saturated carbocycles. The fraction of sp³-hybridized carbons (Fsp3) is 0.0455. The third-order valence-corrected chi connectivity index (χ3v) is 13.4.